The van der Waals surface area contributed by atoms with E-state index in [4.69, 9.17) is 0 Å². The van der Waals surface area contributed by atoms with E-state index in [-0.39, 0.29) is 0 Å². The van der Waals surface area contributed by atoms with Crippen LogP contribution in [0.15, 0.2) is 54.6 Å². The number of hydrogen-bond acceptors (Lipinski definition) is 4. The fraction of sp³-hybridized carbons (Fsp3) is 0.471. The normalized spacial score (nSPS) is 17.2. The zero-order valence-electron chi connectivity index (χ0n) is 25.7. The molecule has 0 atom stereocenters. The molecule has 0 unspecified atom stereocenters. The molecule has 226 valence electrons. The Balaban J connectivity index is 0.000000241. The van der Waals surface area contributed by atoms with Crippen molar-refractivity contribution in [3.05, 3.63) is 82.9 Å². The zero-order chi connectivity index (χ0) is 30.4. The summed E-state index contributed by atoms with van der Waals surface area (Å²) in [7, 11) is 3.99. The molecular formula is C34H44F3N5. The third-order valence-electron chi connectivity index (χ3n) is 8.38. The molecule has 4 aromatic rings. The van der Waals surface area contributed by atoms with Gasteiger partial charge in [-0.1, -0.05) is 44.4 Å². The van der Waals surface area contributed by atoms with Crippen molar-refractivity contribution in [1.82, 2.24) is 19.9 Å². The molecule has 5 nitrogen and oxygen atoms in total. The van der Waals surface area contributed by atoms with E-state index in [2.05, 4.69) is 28.3 Å². The second-order valence-corrected chi connectivity index (χ2v) is 11.7. The lowest BCUT2D eigenvalue weighted by molar-refractivity contribution is -0.137. The van der Waals surface area contributed by atoms with Crippen molar-refractivity contribution in [3.8, 4) is 5.69 Å². The van der Waals surface area contributed by atoms with Crippen molar-refractivity contribution in [2.75, 3.05) is 25.5 Å². The number of alkyl halides is 3. The van der Waals surface area contributed by atoms with Crippen LogP contribution in [-0.4, -0.2) is 35.2 Å². The Morgan fingerprint density at radius 2 is 1.60 bits per heavy atom. The maximum Gasteiger partial charge on any atom is 0.416 e. The molecule has 0 bridgehead atoms. The maximum absolute atomic E-state index is 13.1. The van der Waals surface area contributed by atoms with Crippen LogP contribution in [0.3, 0.4) is 0 Å². The van der Waals surface area contributed by atoms with E-state index in [9.17, 15) is 13.2 Å². The van der Waals surface area contributed by atoms with Gasteiger partial charge in [-0.25, -0.2) is 9.97 Å². The van der Waals surface area contributed by atoms with Crippen LogP contribution in [0.25, 0.3) is 16.6 Å². The molecule has 1 fully saturated rings. The van der Waals surface area contributed by atoms with Crippen LogP contribution in [0.1, 0.15) is 67.4 Å². The molecule has 0 amide bonds. The second-order valence-electron chi connectivity index (χ2n) is 11.7. The predicted octanol–water partition coefficient (Wildman–Crippen LogP) is 8.42. The Kier molecular flexibility index (Phi) is 10.3. The Labute approximate surface area is 248 Å². The fourth-order valence-corrected chi connectivity index (χ4v) is 6.00. The van der Waals surface area contributed by atoms with E-state index in [1.807, 2.05) is 68.6 Å². The highest BCUT2D eigenvalue weighted by Crippen LogP contribution is 2.32. The van der Waals surface area contributed by atoms with Gasteiger partial charge >= 0.3 is 6.18 Å². The molecule has 1 aliphatic rings. The summed E-state index contributed by atoms with van der Waals surface area (Å²) < 4.78 is 41.1. The molecule has 0 aliphatic heterocycles. The molecular weight excluding hydrogens is 535 g/mol. The number of halogens is 3. The molecule has 0 spiro atoms. The minimum atomic E-state index is -4.33. The predicted molar refractivity (Wildman–Crippen MR) is 166 cm³/mol. The third-order valence-corrected chi connectivity index (χ3v) is 8.38. The molecule has 1 N–H and O–H groups in total. The molecule has 42 heavy (non-hydrogen) atoms. The topological polar surface area (TPSA) is 46.0 Å². The summed E-state index contributed by atoms with van der Waals surface area (Å²) >= 11 is 0. The van der Waals surface area contributed by atoms with Crippen molar-refractivity contribution in [1.29, 1.82) is 0 Å². The van der Waals surface area contributed by atoms with Crippen LogP contribution in [0, 0.1) is 32.6 Å². The molecule has 0 radical (unpaired) electrons. The van der Waals surface area contributed by atoms with Gasteiger partial charge < -0.3 is 14.8 Å². The van der Waals surface area contributed by atoms with Crippen LogP contribution >= 0.6 is 0 Å². The minimum Gasteiger partial charge on any atom is -0.362 e. The standard InChI is InChI=1S/C23H31F3N2.C11H13N3/c1-4-18-8-10-19(11-9-18)14-27-15-20-12-16(2)28(17(20)3)22-7-5-6-21(13-22)23(24,25)26;1-8-12-10-7-5-4-6-9(10)11(13-8)14(2)3/h5-7,12-13,18-19,27H,4,8-11,14-15H2,1-3H3;4-7H,1-3H3. The number of anilines is 1. The first kappa shape index (κ1) is 31.5. The van der Waals surface area contributed by atoms with E-state index >= 15 is 0 Å². The lowest BCUT2D eigenvalue weighted by atomic mass is 9.81. The summed E-state index contributed by atoms with van der Waals surface area (Å²) in [6.07, 6.45) is 2.25. The minimum absolute atomic E-state index is 0.564. The molecule has 8 heteroatoms. The lowest BCUT2D eigenvalue weighted by Crippen LogP contribution is -2.26. The van der Waals surface area contributed by atoms with E-state index in [0.717, 1.165) is 70.5 Å². The molecule has 1 saturated carbocycles. The van der Waals surface area contributed by atoms with Crippen LogP contribution in [0.4, 0.5) is 19.0 Å². The van der Waals surface area contributed by atoms with Crippen molar-refractivity contribution >= 4 is 16.7 Å². The molecule has 5 rings (SSSR count). The number of nitrogens with one attached hydrogen (secondary N) is 1. The first-order valence-corrected chi connectivity index (χ1v) is 14.9. The number of fused-ring (bicyclic) bond motifs is 1. The second kappa shape index (κ2) is 13.7. The maximum atomic E-state index is 13.1. The average Bonchev–Trinajstić information content (AvgIpc) is 3.25. The number of aromatic nitrogens is 3. The first-order chi connectivity index (χ1) is 20.0. The van der Waals surface area contributed by atoms with Gasteiger partial charge in [0.15, 0.2) is 0 Å². The number of para-hydroxylation sites is 1. The highest BCUT2D eigenvalue weighted by molar-refractivity contribution is 5.89. The van der Waals surface area contributed by atoms with Gasteiger partial charge in [0, 0.05) is 43.1 Å². The van der Waals surface area contributed by atoms with Crippen LogP contribution in [0.2, 0.25) is 0 Å². The average molecular weight is 580 g/mol. The Hall–Kier alpha value is -3.39. The summed E-state index contributed by atoms with van der Waals surface area (Å²) in [5, 5.41) is 4.68. The zero-order valence-corrected chi connectivity index (χ0v) is 25.7. The van der Waals surface area contributed by atoms with E-state index in [1.54, 1.807) is 6.07 Å². The highest BCUT2D eigenvalue weighted by Gasteiger charge is 2.30. The SMILES string of the molecule is CCC1CCC(CNCc2cc(C)n(-c3cccc(C(F)(F)F)c3)c2C)CC1.Cc1nc(N(C)C)c2ccccc2n1. The number of aryl methyl sites for hydroxylation is 2. The molecule has 2 aromatic heterocycles. The van der Waals surface area contributed by atoms with Gasteiger partial charge in [-0.05, 0) is 94.0 Å². The van der Waals surface area contributed by atoms with Crippen LogP contribution < -0.4 is 10.2 Å². The Morgan fingerprint density at radius 3 is 2.26 bits per heavy atom. The summed E-state index contributed by atoms with van der Waals surface area (Å²) in [5.74, 6) is 3.44. The smallest absolute Gasteiger partial charge is 0.362 e. The van der Waals surface area contributed by atoms with Crippen molar-refractivity contribution in [2.45, 2.75) is 72.5 Å². The molecule has 2 heterocycles. The van der Waals surface area contributed by atoms with Gasteiger partial charge in [-0.3, -0.25) is 0 Å². The van der Waals surface area contributed by atoms with Gasteiger partial charge in [-0.2, -0.15) is 13.2 Å². The van der Waals surface area contributed by atoms with Crippen LogP contribution in [-0.2, 0) is 12.7 Å². The van der Waals surface area contributed by atoms with Gasteiger partial charge in [-0.15, -0.1) is 0 Å². The molecule has 2 aromatic carbocycles. The third kappa shape index (κ3) is 7.71. The Morgan fingerprint density at radius 1 is 0.905 bits per heavy atom. The highest BCUT2D eigenvalue weighted by atomic mass is 19.4. The van der Waals surface area contributed by atoms with Crippen molar-refractivity contribution in [3.63, 3.8) is 0 Å². The number of nitrogens with zero attached hydrogens (tertiary/aromatic N) is 4. The number of benzene rings is 2. The summed E-state index contributed by atoms with van der Waals surface area (Å²) in [4.78, 5) is 10.8. The van der Waals surface area contributed by atoms with E-state index in [1.165, 1.54) is 44.2 Å². The fourth-order valence-electron chi connectivity index (χ4n) is 6.00. The first-order valence-electron chi connectivity index (χ1n) is 14.9. The largest absolute Gasteiger partial charge is 0.416 e. The van der Waals surface area contributed by atoms with Gasteiger partial charge in [0.1, 0.15) is 11.6 Å². The monoisotopic (exact) mass is 579 g/mol. The van der Waals surface area contributed by atoms with E-state index < -0.39 is 11.7 Å². The van der Waals surface area contributed by atoms with Crippen molar-refractivity contribution < 1.29 is 13.2 Å². The molecule has 0 saturated heterocycles. The van der Waals surface area contributed by atoms with Gasteiger partial charge in [0.2, 0.25) is 0 Å². The number of rotatable bonds is 7. The quantitative estimate of drug-likeness (QED) is 0.239. The summed E-state index contributed by atoms with van der Waals surface area (Å²) in [6, 6.07) is 15.7. The summed E-state index contributed by atoms with van der Waals surface area (Å²) in [5.41, 5.74) is 4.06. The molecule has 1 aliphatic carbocycles. The van der Waals surface area contributed by atoms with E-state index in [0.29, 0.717) is 5.69 Å². The van der Waals surface area contributed by atoms with Gasteiger partial charge in [0.05, 0.1) is 11.1 Å². The number of hydrogen-bond donors (Lipinski definition) is 1. The summed E-state index contributed by atoms with van der Waals surface area (Å²) in [6.45, 7) is 9.90. The Bertz CT molecular complexity index is 1470. The van der Waals surface area contributed by atoms with Gasteiger partial charge in [0.25, 0.3) is 0 Å². The van der Waals surface area contributed by atoms with Crippen molar-refractivity contribution in [2.24, 2.45) is 11.8 Å². The lowest BCUT2D eigenvalue weighted by Gasteiger charge is -2.27. The van der Waals surface area contributed by atoms with Crippen LogP contribution in [0.5, 0.6) is 0 Å².